The van der Waals surface area contributed by atoms with Crippen LogP contribution >= 0.6 is 0 Å². The van der Waals surface area contributed by atoms with Crippen molar-refractivity contribution in [3.05, 3.63) is 0 Å². The van der Waals surface area contributed by atoms with Crippen molar-refractivity contribution < 1.29 is 14.4 Å². The van der Waals surface area contributed by atoms with Gasteiger partial charge in [0.1, 0.15) is 0 Å². The van der Waals surface area contributed by atoms with Crippen molar-refractivity contribution >= 4 is 5.91 Å². The van der Waals surface area contributed by atoms with E-state index in [1.807, 2.05) is 0 Å². The van der Waals surface area contributed by atoms with E-state index in [2.05, 4.69) is 27.7 Å². The van der Waals surface area contributed by atoms with Crippen LogP contribution < -0.4 is 0 Å². The molecular weight excluding hydrogens is 290 g/mol. The molecule has 1 unspecified atom stereocenters. The first-order chi connectivity index (χ1) is 10.8. The first-order valence-corrected chi connectivity index (χ1v) is 9.24. The summed E-state index contributed by atoms with van der Waals surface area (Å²) >= 11 is 0. The number of rotatable bonds is 9. The highest BCUT2D eigenvalue weighted by molar-refractivity contribution is 5.74. The summed E-state index contributed by atoms with van der Waals surface area (Å²) in [7, 11) is 3.16. The van der Waals surface area contributed by atoms with Gasteiger partial charge in [-0.05, 0) is 39.5 Å². The van der Waals surface area contributed by atoms with E-state index in [4.69, 9.17) is 9.57 Å². The molecule has 0 heterocycles. The van der Waals surface area contributed by atoms with E-state index in [1.54, 1.807) is 7.05 Å². The monoisotopic (exact) mass is 329 g/mol. The van der Waals surface area contributed by atoms with Gasteiger partial charge < -0.3 is 4.74 Å². The quantitative estimate of drug-likeness (QED) is 0.443. The predicted octanol–water partition coefficient (Wildman–Crippen LogP) is 4.97. The van der Waals surface area contributed by atoms with Crippen molar-refractivity contribution in [1.82, 2.24) is 5.06 Å². The SMILES string of the molecule is C1CCC1.CCC(CCCCC(=O)N(C)OC)COC(C)(C)C. The van der Waals surface area contributed by atoms with Gasteiger partial charge in [0, 0.05) is 13.5 Å². The minimum Gasteiger partial charge on any atom is -0.376 e. The van der Waals surface area contributed by atoms with Gasteiger partial charge in [0.2, 0.25) is 5.91 Å². The second kappa shape index (κ2) is 12.8. The molecule has 4 heteroatoms. The number of carbonyl (C=O) groups is 1. The van der Waals surface area contributed by atoms with Crippen LogP contribution in [0.1, 0.15) is 85.5 Å². The van der Waals surface area contributed by atoms with Crippen LogP contribution in [0.5, 0.6) is 0 Å². The van der Waals surface area contributed by atoms with E-state index in [0.29, 0.717) is 12.3 Å². The van der Waals surface area contributed by atoms with Crippen molar-refractivity contribution in [2.45, 2.75) is 91.1 Å². The van der Waals surface area contributed by atoms with Crippen molar-refractivity contribution in [3.63, 3.8) is 0 Å². The van der Waals surface area contributed by atoms with E-state index in [-0.39, 0.29) is 11.5 Å². The molecule has 0 aromatic carbocycles. The Kier molecular flexibility index (Phi) is 12.4. The van der Waals surface area contributed by atoms with Gasteiger partial charge in [-0.25, -0.2) is 5.06 Å². The third kappa shape index (κ3) is 13.5. The first-order valence-electron chi connectivity index (χ1n) is 9.24. The van der Waals surface area contributed by atoms with Crippen molar-refractivity contribution in [2.24, 2.45) is 5.92 Å². The Labute approximate surface area is 143 Å². The zero-order valence-electron chi connectivity index (χ0n) is 16.3. The number of amides is 1. The van der Waals surface area contributed by atoms with E-state index >= 15 is 0 Å². The molecule has 1 aliphatic rings. The fourth-order valence-electron chi connectivity index (χ4n) is 1.99. The molecule has 0 aromatic rings. The van der Waals surface area contributed by atoms with Gasteiger partial charge in [-0.15, -0.1) is 0 Å². The van der Waals surface area contributed by atoms with Gasteiger partial charge in [-0.3, -0.25) is 9.63 Å². The second-order valence-electron chi connectivity index (χ2n) is 7.43. The maximum Gasteiger partial charge on any atom is 0.245 e. The van der Waals surface area contributed by atoms with Gasteiger partial charge in [-0.2, -0.15) is 0 Å². The fraction of sp³-hybridized carbons (Fsp3) is 0.947. The third-order valence-corrected chi connectivity index (χ3v) is 4.21. The Bertz CT molecular complexity index is 291. The molecule has 0 bridgehead atoms. The highest BCUT2D eigenvalue weighted by Crippen LogP contribution is 2.18. The van der Waals surface area contributed by atoms with Crippen LogP contribution in [0, 0.1) is 5.92 Å². The molecule has 1 atom stereocenters. The topological polar surface area (TPSA) is 38.8 Å². The molecule has 23 heavy (non-hydrogen) atoms. The Morgan fingerprint density at radius 2 is 1.70 bits per heavy atom. The first kappa shape index (κ1) is 22.4. The summed E-state index contributed by atoms with van der Waals surface area (Å²) in [6, 6.07) is 0. The zero-order valence-corrected chi connectivity index (χ0v) is 16.3. The normalized spacial score (nSPS) is 15.2. The van der Waals surface area contributed by atoms with Gasteiger partial charge in [0.15, 0.2) is 0 Å². The number of carbonyl (C=O) groups excluding carboxylic acids is 1. The Morgan fingerprint density at radius 3 is 2.09 bits per heavy atom. The minimum absolute atomic E-state index is 0.0430. The molecule has 1 saturated carbocycles. The van der Waals surface area contributed by atoms with Crippen LogP contribution in [0.3, 0.4) is 0 Å². The summed E-state index contributed by atoms with van der Waals surface area (Å²) in [6.45, 7) is 9.25. The smallest absolute Gasteiger partial charge is 0.245 e. The maximum atomic E-state index is 11.5. The lowest BCUT2D eigenvalue weighted by Crippen LogP contribution is -2.25. The molecule has 138 valence electrons. The van der Waals surface area contributed by atoms with Gasteiger partial charge in [0.25, 0.3) is 0 Å². The molecule has 1 fully saturated rings. The summed E-state index contributed by atoms with van der Waals surface area (Å²) in [6.07, 6.45) is 10.8. The van der Waals surface area contributed by atoms with Crippen molar-refractivity contribution in [3.8, 4) is 0 Å². The lowest BCUT2D eigenvalue weighted by Gasteiger charge is -2.24. The lowest BCUT2D eigenvalue weighted by molar-refractivity contribution is -0.168. The zero-order chi connectivity index (χ0) is 17.7. The number of hydroxylamine groups is 2. The van der Waals surface area contributed by atoms with E-state index < -0.39 is 0 Å². The van der Waals surface area contributed by atoms with Crippen LogP contribution in [0.25, 0.3) is 0 Å². The standard InChI is InChI=1S/C15H31NO3.C4H8/c1-7-13(12-19-15(2,3)4)10-8-9-11-14(17)16(5)18-6;1-2-4-3-1/h13H,7-12H2,1-6H3;1-4H2. The minimum atomic E-state index is -0.0649. The highest BCUT2D eigenvalue weighted by atomic mass is 16.7. The molecular formula is C19H39NO3. The van der Waals surface area contributed by atoms with Crippen molar-refractivity contribution in [2.75, 3.05) is 20.8 Å². The average molecular weight is 330 g/mol. The molecule has 0 spiro atoms. The predicted molar refractivity (Wildman–Crippen MR) is 96.2 cm³/mol. The van der Waals surface area contributed by atoms with Crippen LogP contribution in [-0.2, 0) is 14.4 Å². The molecule has 1 rings (SSSR count). The molecule has 0 radical (unpaired) electrons. The van der Waals surface area contributed by atoms with Gasteiger partial charge in [-0.1, -0.05) is 45.4 Å². The lowest BCUT2D eigenvalue weighted by atomic mass is 9.99. The highest BCUT2D eigenvalue weighted by Gasteiger charge is 2.14. The van der Waals surface area contributed by atoms with Crippen molar-refractivity contribution in [1.29, 1.82) is 0 Å². The summed E-state index contributed by atoms with van der Waals surface area (Å²) in [5, 5.41) is 1.29. The Hall–Kier alpha value is -0.610. The number of hydrogen-bond acceptors (Lipinski definition) is 3. The molecule has 1 amide bonds. The van der Waals surface area contributed by atoms with E-state index in [9.17, 15) is 4.79 Å². The van der Waals surface area contributed by atoms with E-state index in [0.717, 1.165) is 32.3 Å². The number of nitrogens with zero attached hydrogens (tertiary/aromatic N) is 1. The largest absolute Gasteiger partial charge is 0.376 e. The number of unbranched alkanes of at least 4 members (excludes halogenated alkanes) is 1. The third-order valence-electron chi connectivity index (χ3n) is 4.21. The molecule has 0 aromatic heterocycles. The van der Waals surface area contributed by atoms with Crippen LogP contribution in [0.4, 0.5) is 0 Å². The van der Waals surface area contributed by atoms with Gasteiger partial charge >= 0.3 is 0 Å². The summed E-state index contributed by atoms with van der Waals surface area (Å²) < 4.78 is 5.82. The van der Waals surface area contributed by atoms with E-state index in [1.165, 1.54) is 37.9 Å². The van der Waals surface area contributed by atoms with Crippen LogP contribution in [0.2, 0.25) is 0 Å². The Morgan fingerprint density at radius 1 is 1.13 bits per heavy atom. The molecule has 0 N–H and O–H groups in total. The molecule has 4 nitrogen and oxygen atoms in total. The fourth-order valence-corrected chi connectivity index (χ4v) is 1.99. The summed E-state index contributed by atoms with van der Waals surface area (Å²) in [4.78, 5) is 16.4. The number of ether oxygens (including phenoxy) is 1. The van der Waals surface area contributed by atoms with Gasteiger partial charge in [0.05, 0.1) is 19.3 Å². The Balaban J connectivity index is 0.00000104. The molecule has 1 aliphatic carbocycles. The van der Waals surface area contributed by atoms with Crippen LogP contribution in [-0.4, -0.2) is 37.3 Å². The maximum absolute atomic E-state index is 11.5. The summed E-state index contributed by atoms with van der Waals surface area (Å²) in [5.41, 5.74) is -0.0649. The number of hydrogen-bond donors (Lipinski definition) is 0. The molecule has 0 saturated heterocycles. The molecule has 0 aliphatic heterocycles. The summed E-state index contributed by atoms with van der Waals surface area (Å²) in [5.74, 6) is 0.635. The van der Waals surface area contributed by atoms with Crippen LogP contribution in [0.15, 0.2) is 0 Å². The average Bonchev–Trinajstić information content (AvgIpc) is 2.42. The second-order valence-corrected chi connectivity index (χ2v) is 7.43.